The van der Waals surface area contributed by atoms with Crippen LogP contribution in [-0.2, 0) is 17.5 Å². The first-order chi connectivity index (χ1) is 14.3. The van der Waals surface area contributed by atoms with Crippen molar-refractivity contribution in [1.82, 2.24) is 6.15 Å². The quantitative estimate of drug-likeness (QED) is 0.409. The first-order valence-electron chi connectivity index (χ1n) is 9.95. The molecule has 0 unspecified atom stereocenters. The Hall–Kier alpha value is -2.19. The van der Waals surface area contributed by atoms with Crippen molar-refractivity contribution in [3.05, 3.63) is 126 Å². The van der Waals surface area contributed by atoms with E-state index in [9.17, 15) is 0 Å². The Bertz CT molecular complexity index is 1010. The zero-order chi connectivity index (χ0) is 19.9. The van der Waals surface area contributed by atoms with Gasteiger partial charge in [0, 0.05) is 12.7 Å². The SMILES string of the molecule is COCc1ccccc1[P+](Cc1ccccc1)(c1ccccc1)c1ccccc1.Cl.N.[Cl-]. The standard InChI is InChI=1S/C27H26OP.2ClH.H3N/c1-28-21-24-15-11-12-20-27(24)29(25-16-7-3-8-17-25,26-18-9-4-10-19-26)22-23-13-5-2-6-14-23;;;/h2-20H,21-22H2,1H3;2*1H;1H3/q+1;;;/p-1. The summed E-state index contributed by atoms with van der Waals surface area (Å²) in [5, 5.41) is 4.21. The normalized spacial score (nSPS) is 10.3. The summed E-state index contributed by atoms with van der Waals surface area (Å²) < 4.78 is 5.60. The van der Waals surface area contributed by atoms with Crippen LogP contribution in [-0.4, -0.2) is 7.11 Å². The second-order valence-electron chi connectivity index (χ2n) is 7.19. The molecule has 0 fully saturated rings. The molecule has 0 saturated carbocycles. The fourth-order valence-electron chi connectivity index (χ4n) is 4.08. The number of rotatable bonds is 7. The Balaban J connectivity index is 0.00000171. The van der Waals surface area contributed by atoms with Gasteiger partial charge >= 0.3 is 0 Å². The van der Waals surface area contributed by atoms with E-state index in [-0.39, 0.29) is 31.0 Å². The predicted molar refractivity (Wildman–Crippen MR) is 138 cm³/mol. The van der Waals surface area contributed by atoms with Gasteiger partial charge in [-0.15, -0.1) is 12.4 Å². The molecular formula is C27H30Cl2NOP. The topological polar surface area (TPSA) is 44.2 Å². The molecule has 0 heterocycles. The van der Waals surface area contributed by atoms with Gasteiger partial charge in [-0.25, -0.2) is 0 Å². The van der Waals surface area contributed by atoms with Crippen LogP contribution in [0.5, 0.6) is 0 Å². The number of benzene rings is 4. The van der Waals surface area contributed by atoms with Crippen LogP contribution in [0.4, 0.5) is 0 Å². The molecule has 3 N–H and O–H groups in total. The lowest BCUT2D eigenvalue weighted by Gasteiger charge is -2.29. The fourth-order valence-corrected chi connectivity index (χ4v) is 8.56. The number of hydrogen-bond acceptors (Lipinski definition) is 2. The molecule has 0 radical (unpaired) electrons. The third-order valence-corrected chi connectivity index (χ3v) is 9.82. The monoisotopic (exact) mass is 485 g/mol. The Kier molecular flexibility index (Phi) is 11.6. The largest absolute Gasteiger partial charge is 1.00 e. The molecule has 4 aromatic carbocycles. The third kappa shape index (κ3) is 5.78. The first-order valence-corrected chi connectivity index (χ1v) is 11.9. The molecule has 0 amide bonds. The van der Waals surface area contributed by atoms with Gasteiger partial charge in [-0.1, -0.05) is 84.9 Å². The molecule has 0 aromatic heterocycles. The lowest BCUT2D eigenvalue weighted by atomic mass is 10.2. The van der Waals surface area contributed by atoms with E-state index in [0.717, 1.165) is 6.16 Å². The zero-order valence-electron chi connectivity index (χ0n) is 18.2. The molecule has 32 heavy (non-hydrogen) atoms. The van der Waals surface area contributed by atoms with E-state index >= 15 is 0 Å². The predicted octanol–water partition coefficient (Wildman–Crippen LogP) is 2.91. The van der Waals surface area contributed by atoms with E-state index in [1.54, 1.807) is 7.11 Å². The van der Waals surface area contributed by atoms with E-state index in [0.29, 0.717) is 6.61 Å². The van der Waals surface area contributed by atoms with Crippen LogP contribution in [0.25, 0.3) is 0 Å². The van der Waals surface area contributed by atoms with E-state index in [1.807, 2.05) is 0 Å². The zero-order valence-corrected chi connectivity index (χ0v) is 20.7. The average Bonchev–Trinajstić information content (AvgIpc) is 2.80. The molecule has 0 aliphatic carbocycles. The number of methoxy groups -OCH3 is 1. The van der Waals surface area contributed by atoms with Crippen molar-refractivity contribution in [2.24, 2.45) is 0 Å². The van der Waals surface area contributed by atoms with Gasteiger partial charge in [-0.3, -0.25) is 0 Å². The highest BCUT2D eigenvalue weighted by Gasteiger charge is 2.46. The Morgan fingerprint density at radius 2 is 1.06 bits per heavy atom. The van der Waals surface area contributed by atoms with Gasteiger partial charge in [-0.2, -0.15) is 0 Å². The molecule has 0 atom stereocenters. The fraction of sp³-hybridized carbons (Fsp3) is 0.111. The van der Waals surface area contributed by atoms with Crippen molar-refractivity contribution in [3.8, 4) is 0 Å². The summed E-state index contributed by atoms with van der Waals surface area (Å²) in [7, 11) is -0.146. The van der Waals surface area contributed by atoms with Crippen molar-refractivity contribution in [3.63, 3.8) is 0 Å². The number of hydrogen-bond donors (Lipinski definition) is 1. The molecular weight excluding hydrogens is 456 g/mol. The van der Waals surface area contributed by atoms with Gasteiger partial charge in [-0.05, 0) is 35.9 Å². The van der Waals surface area contributed by atoms with Gasteiger partial charge in [0.25, 0.3) is 0 Å². The summed E-state index contributed by atoms with van der Waals surface area (Å²) in [6, 6.07) is 41.7. The second kappa shape index (κ2) is 13.4. The third-order valence-electron chi connectivity index (χ3n) is 5.36. The maximum atomic E-state index is 5.60. The first kappa shape index (κ1) is 27.8. The molecule has 0 aliphatic heterocycles. The van der Waals surface area contributed by atoms with Crippen molar-refractivity contribution < 1.29 is 17.1 Å². The molecule has 0 saturated heterocycles. The van der Waals surface area contributed by atoms with Gasteiger partial charge in [0.2, 0.25) is 0 Å². The van der Waals surface area contributed by atoms with Crippen LogP contribution in [0.15, 0.2) is 115 Å². The molecule has 0 spiro atoms. The lowest BCUT2D eigenvalue weighted by Crippen LogP contribution is -3.00. The van der Waals surface area contributed by atoms with Crippen LogP contribution in [0.2, 0.25) is 0 Å². The number of halogens is 2. The van der Waals surface area contributed by atoms with Crippen LogP contribution in [0.1, 0.15) is 11.1 Å². The van der Waals surface area contributed by atoms with Crippen molar-refractivity contribution in [1.29, 1.82) is 0 Å². The van der Waals surface area contributed by atoms with E-state index in [1.165, 1.54) is 27.0 Å². The Morgan fingerprint density at radius 3 is 1.56 bits per heavy atom. The highest BCUT2D eigenvalue weighted by atomic mass is 35.5. The summed E-state index contributed by atoms with van der Waals surface area (Å²) in [6.45, 7) is 0.617. The minimum absolute atomic E-state index is 0. The lowest BCUT2D eigenvalue weighted by molar-refractivity contribution is -0.00000658. The van der Waals surface area contributed by atoms with Crippen LogP contribution >= 0.6 is 19.7 Å². The molecule has 4 rings (SSSR count). The van der Waals surface area contributed by atoms with Gasteiger partial charge < -0.3 is 23.3 Å². The highest BCUT2D eigenvalue weighted by molar-refractivity contribution is 7.95. The maximum Gasteiger partial charge on any atom is 0.116 e. The minimum atomic E-state index is -1.92. The molecule has 5 heteroatoms. The van der Waals surface area contributed by atoms with Crippen molar-refractivity contribution in [2.45, 2.75) is 12.8 Å². The van der Waals surface area contributed by atoms with E-state index in [4.69, 9.17) is 4.74 Å². The Labute approximate surface area is 204 Å². The second-order valence-corrected chi connectivity index (χ2v) is 10.6. The maximum absolute atomic E-state index is 5.60. The van der Waals surface area contributed by atoms with Gasteiger partial charge in [0.15, 0.2) is 0 Å². The van der Waals surface area contributed by atoms with Crippen LogP contribution in [0.3, 0.4) is 0 Å². The molecule has 0 aliphatic rings. The molecule has 2 nitrogen and oxygen atoms in total. The minimum Gasteiger partial charge on any atom is -1.00 e. The van der Waals surface area contributed by atoms with Crippen LogP contribution in [0, 0.1) is 0 Å². The van der Waals surface area contributed by atoms with E-state index < -0.39 is 7.26 Å². The molecule has 168 valence electrons. The van der Waals surface area contributed by atoms with Crippen molar-refractivity contribution >= 4 is 35.6 Å². The summed E-state index contributed by atoms with van der Waals surface area (Å²) in [5.74, 6) is 0. The van der Waals surface area contributed by atoms with Crippen molar-refractivity contribution in [2.75, 3.05) is 7.11 Å². The highest BCUT2D eigenvalue weighted by Crippen LogP contribution is 2.58. The van der Waals surface area contributed by atoms with Gasteiger partial charge in [0.05, 0.1) is 12.8 Å². The smallest absolute Gasteiger partial charge is 0.116 e. The summed E-state index contributed by atoms with van der Waals surface area (Å²) >= 11 is 0. The van der Waals surface area contributed by atoms with Gasteiger partial charge in [0.1, 0.15) is 23.2 Å². The van der Waals surface area contributed by atoms with Crippen LogP contribution < -0.4 is 34.5 Å². The summed E-state index contributed by atoms with van der Waals surface area (Å²) in [4.78, 5) is 0. The molecule has 4 aromatic rings. The molecule has 0 bridgehead atoms. The summed E-state index contributed by atoms with van der Waals surface area (Å²) in [5.41, 5.74) is 2.63. The Morgan fingerprint density at radius 1 is 0.625 bits per heavy atom. The average molecular weight is 486 g/mol. The number of ether oxygens (including phenoxy) is 1. The summed E-state index contributed by atoms with van der Waals surface area (Å²) in [6.07, 6.45) is 0.989. The van der Waals surface area contributed by atoms with E-state index in [2.05, 4.69) is 115 Å².